The van der Waals surface area contributed by atoms with Crippen LogP contribution in [0.5, 0.6) is 0 Å². The number of rotatable bonds is 1. The molecule has 0 aliphatic carbocycles. The number of ether oxygens (including phenoxy) is 1. The second-order valence-electron chi connectivity index (χ2n) is 3.94. The first-order valence-corrected chi connectivity index (χ1v) is 4.62. The van der Waals surface area contributed by atoms with Crippen LogP contribution in [-0.2, 0) is 4.74 Å². The molecule has 2 fully saturated rings. The van der Waals surface area contributed by atoms with E-state index in [-0.39, 0.29) is 0 Å². The van der Waals surface area contributed by atoms with Gasteiger partial charge >= 0.3 is 0 Å². The zero-order valence-electron chi connectivity index (χ0n) is 7.25. The Morgan fingerprint density at radius 1 is 1.09 bits per heavy atom. The predicted octanol–water partition coefficient (Wildman–Crippen LogP) is 0.975. The maximum Gasteiger partial charge on any atom is 0.0519 e. The molecule has 0 aromatic rings. The smallest absolute Gasteiger partial charge is 0.0519 e. The molecule has 64 valence electrons. The lowest BCUT2D eigenvalue weighted by molar-refractivity contribution is -0.0711. The second-order valence-corrected chi connectivity index (χ2v) is 3.94. The summed E-state index contributed by atoms with van der Waals surface area (Å²) >= 11 is 0. The van der Waals surface area contributed by atoms with Crippen LogP contribution in [0, 0.1) is 11.8 Å². The highest BCUT2D eigenvalue weighted by Crippen LogP contribution is 2.29. The Bertz CT molecular complexity index is 126. The Balaban J connectivity index is 1.77. The van der Waals surface area contributed by atoms with Crippen LogP contribution >= 0.6 is 0 Å². The minimum Gasteiger partial charge on any atom is -0.381 e. The number of hydrogen-bond acceptors (Lipinski definition) is 2. The van der Waals surface area contributed by atoms with Gasteiger partial charge in [0, 0.05) is 5.92 Å². The van der Waals surface area contributed by atoms with Crippen LogP contribution in [0.15, 0.2) is 0 Å². The van der Waals surface area contributed by atoms with Crippen molar-refractivity contribution in [2.75, 3.05) is 33.4 Å². The highest BCUT2D eigenvalue weighted by Gasteiger charge is 2.30. The Labute approximate surface area is 68.5 Å². The largest absolute Gasteiger partial charge is 0.381 e. The van der Waals surface area contributed by atoms with Crippen LogP contribution in [0.1, 0.15) is 12.8 Å². The van der Waals surface area contributed by atoms with E-state index in [4.69, 9.17) is 4.74 Å². The topological polar surface area (TPSA) is 12.5 Å². The molecule has 2 heterocycles. The first-order valence-electron chi connectivity index (χ1n) is 4.62. The molecule has 2 saturated heterocycles. The molecular weight excluding hydrogens is 138 g/mol. The summed E-state index contributed by atoms with van der Waals surface area (Å²) in [6, 6.07) is 0. The van der Waals surface area contributed by atoms with Crippen LogP contribution < -0.4 is 0 Å². The van der Waals surface area contributed by atoms with Crippen molar-refractivity contribution >= 4 is 0 Å². The third-order valence-electron chi connectivity index (χ3n) is 3.09. The van der Waals surface area contributed by atoms with Gasteiger partial charge in [-0.25, -0.2) is 0 Å². The van der Waals surface area contributed by atoms with Crippen LogP contribution in [-0.4, -0.2) is 38.3 Å². The summed E-state index contributed by atoms with van der Waals surface area (Å²) in [5.74, 6) is 1.88. The molecule has 2 aliphatic rings. The molecule has 11 heavy (non-hydrogen) atoms. The lowest BCUT2D eigenvalue weighted by Gasteiger charge is -2.38. The monoisotopic (exact) mass is 155 g/mol. The fourth-order valence-corrected chi connectivity index (χ4v) is 2.03. The van der Waals surface area contributed by atoms with Crippen molar-refractivity contribution in [1.29, 1.82) is 0 Å². The summed E-state index contributed by atoms with van der Waals surface area (Å²) in [6.07, 6.45) is 2.79. The molecule has 0 spiro atoms. The minimum atomic E-state index is 0.906. The third-order valence-corrected chi connectivity index (χ3v) is 3.09. The fourth-order valence-electron chi connectivity index (χ4n) is 2.03. The maximum absolute atomic E-state index is 5.20. The summed E-state index contributed by atoms with van der Waals surface area (Å²) in [7, 11) is 2.22. The molecule has 0 amide bonds. The molecule has 0 radical (unpaired) electrons. The second kappa shape index (κ2) is 3.11. The Morgan fingerprint density at radius 2 is 1.73 bits per heavy atom. The zero-order chi connectivity index (χ0) is 7.68. The number of piperidine rings is 1. The zero-order valence-corrected chi connectivity index (χ0v) is 7.25. The highest BCUT2D eigenvalue weighted by atomic mass is 16.5. The SMILES string of the molecule is CN1CCC(C2COC2)CC1. The average molecular weight is 155 g/mol. The van der Waals surface area contributed by atoms with Crippen LogP contribution in [0.2, 0.25) is 0 Å². The Hall–Kier alpha value is -0.0800. The van der Waals surface area contributed by atoms with Gasteiger partial charge in [-0.3, -0.25) is 0 Å². The normalized spacial score (nSPS) is 30.3. The molecule has 2 rings (SSSR count). The Morgan fingerprint density at radius 3 is 2.18 bits per heavy atom. The van der Waals surface area contributed by atoms with Crippen LogP contribution in [0.4, 0.5) is 0 Å². The van der Waals surface area contributed by atoms with Crippen molar-refractivity contribution in [1.82, 2.24) is 4.90 Å². The molecule has 0 atom stereocenters. The summed E-state index contributed by atoms with van der Waals surface area (Å²) < 4.78 is 5.20. The summed E-state index contributed by atoms with van der Waals surface area (Å²) in [5.41, 5.74) is 0. The van der Waals surface area contributed by atoms with Crippen molar-refractivity contribution in [2.45, 2.75) is 12.8 Å². The van der Waals surface area contributed by atoms with E-state index in [1.807, 2.05) is 0 Å². The lowest BCUT2D eigenvalue weighted by Crippen LogP contribution is -2.40. The van der Waals surface area contributed by atoms with Gasteiger partial charge in [-0.15, -0.1) is 0 Å². The molecule has 2 nitrogen and oxygen atoms in total. The quantitative estimate of drug-likeness (QED) is 0.559. The van der Waals surface area contributed by atoms with Gasteiger partial charge < -0.3 is 9.64 Å². The first-order chi connectivity index (χ1) is 5.36. The average Bonchev–Trinajstić information content (AvgIpc) is 1.90. The van der Waals surface area contributed by atoms with E-state index < -0.39 is 0 Å². The lowest BCUT2D eigenvalue weighted by atomic mass is 9.83. The van der Waals surface area contributed by atoms with E-state index in [9.17, 15) is 0 Å². The van der Waals surface area contributed by atoms with Crippen molar-refractivity contribution in [3.05, 3.63) is 0 Å². The van der Waals surface area contributed by atoms with Crippen molar-refractivity contribution in [3.63, 3.8) is 0 Å². The minimum absolute atomic E-state index is 0.906. The number of nitrogens with zero attached hydrogens (tertiary/aromatic N) is 1. The molecule has 0 saturated carbocycles. The van der Waals surface area contributed by atoms with Gasteiger partial charge in [0.15, 0.2) is 0 Å². The van der Waals surface area contributed by atoms with E-state index >= 15 is 0 Å². The number of hydrogen-bond donors (Lipinski definition) is 0. The van der Waals surface area contributed by atoms with E-state index in [0.717, 1.165) is 25.0 Å². The van der Waals surface area contributed by atoms with Crippen molar-refractivity contribution in [2.24, 2.45) is 11.8 Å². The van der Waals surface area contributed by atoms with Gasteiger partial charge in [0.25, 0.3) is 0 Å². The summed E-state index contributed by atoms with van der Waals surface area (Å²) in [4.78, 5) is 2.43. The molecule has 0 bridgehead atoms. The molecule has 0 aromatic carbocycles. The van der Waals surface area contributed by atoms with E-state index in [0.29, 0.717) is 0 Å². The van der Waals surface area contributed by atoms with Crippen molar-refractivity contribution in [3.8, 4) is 0 Å². The summed E-state index contributed by atoms with van der Waals surface area (Å²) in [6.45, 7) is 4.66. The highest BCUT2D eigenvalue weighted by molar-refractivity contribution is 4.79. The predicted molar refractivity (Wildman–Crippen MR) is 44.5 cm³/mol. The molecular formula is C9H17NO. The third kappa shape index (κ3) is 1.57. The molecule has 2 heteroatoms. The van der Waals surface area contributed by atoms with E-state index in [1.54, 1.807) is 0 Å². The maximum atomic E-state index is 5.20. The van der Waals surface area contributed by atoms with Gasteiger partial charge in [-0.2, -0.15) is 0 Å². The molecule has 0 aromatic heterocycles. The van der Waals surface area contributed by atoms with E-state index in [2.05, 4.69) is 11.9 Å². The number of likely N-dealkylation sites (tertiary alicyclic amines) is 1. The fraction of sp³-hybridized carbons (Fsp3) is 1.00. The van der Waals surface area contributed by atoms with Crippen LogP contribution in [0.25, 0.3) is 0 Å². The van der Waals surface area contributed by atoms with Gasteiger partial charge in [0.2, 0.25) is 0 Å². The molecule has 0 N–H and O–H groups in total. The first kappa shape index (κ1) is 7.56. The van der Waals surface area contributed by atoms with Gasteiger partial charge in [0.1, 0.15) is 0 Å². The van der Waals surface area contributed by atoms with Crippen molar-refractivity contribution < 1.29 is 4.74 Å². The standard InChI is InChI=1S/C9H17NO/c1-10-4-2-8(3-5-10)9-6-11-7-9/h8-9H,2-7H2,1H3. The van der Waals surface area contributed by atoms with Gasteiger partial charge in [0.05, 0.1) is 13.2 Å². The van der Waals surface area contributed by atoms with E-state index in [1.165, 1.54) is 25.9 Å². The van der Waals surface area contributed by atoms with Crippen LogP contribution in [0.3, 0.4) is 0 Å². The molecule has 2 aliphatic heterocycles. The summed E-state index contributed by atoms with van der Waals surface area (Å²) in [5, 5.41) is 0. The Kier molecular flexibility index (Phi) is 2.14. The van der Waals surface area contributed by atoms with Gasteiger partial charge in [-0.1, -0.05) is 0 Å². The molecule has 0 unspecified atom stereocenters. The van der Waals surface area contributed by atoms with Gasteiger partial charge in [-0.05, 0) is 38.9 Å².